The number of cyclic esters (lactones) is 1. The lowest BCUT2D eigenvalue weighted by molar-refractivity contribution is -0.170. The Hall–Kier alpha value is -1.59. The zero-order valence-electron chi connectivity index (χ0n) is 11.1. The summed E-state index contributed by atoms with van der Waals surface area (Å²) >= 11 is 5.91. The third-order valence-electron chi connectivity index (χ3n) is 3.17. The van der Waals surface area contributed by atoms with Crippen LogP contribution in [0.25, 0.3) is 0 Å². The van der Waals surface area contributed by atoms with Gasteiger partial charge >= 0.3 is 11.9 Å². The lowest BCUT2D eigenvalue weighted by atomic mass is 9.90. The number of carbonyl (C=O) groups excluding carboxylic acids is 2. The second kappa shape index (κ2) is 5.42. The molecule has 1 saturated heterocycles. The van der Waals surface area contributed by atoms with Crippen LogP contribution in [0.15, 0.2) is 24.3 Å². The van der Waals surface area contributed by atoms with E-state index in [2.05, 4.69) is 0 Å². The predicted molar refractivity (Wildman–Crippen MR) is 71.0 cm³/mol. The van der Waals surface area contributed by atoms with Crippen molar-refractivity contribution in [1.82, 2.24) is 0 Å². The summed E-state index contributed by atoms with van der Waals surface area (Å²) in [6.07, 6.45) is -2.56. The van der Waals surface area contributed by atoms with E-state index in [1.807, 2.05) is 0 Å². The van der Waals surface area contributed by atoms with Crippen LogP contribution in [0.2, 0.25) is 5.02 Å². The molecule has 1 aromatic carbocycles. The van der Waals surface area contributed by atoms with Crippen molar-refractivity contribution in [3.8, 4) is 0 Å². The van der Waals surface area contributed by atoms with Crippen molar-refractivity contribution in [3.05, 3.63) is 34.9 Å². The van der Waals surface area contributed by atoms with Gasteiger partial charge in [-0.15, -0.1) is 0 Å². The lowest BCUT2D eigenvalue weighted by Gasteiger charge is -2.23. The number of aliphatic hydroxyl groups excluding tert-OH is 1. The fourth-order valence-corrected chi connectivity index (χ4v) is 2.18. The molecule has 1 heterocycles. The highest BCUT2D eigenvalue weighted by molar-refractivity contribution is 6.31. The van der Waals surface area contributed by atoms with Crippen molar-refractivity contribution in [3.63, 3.8) is 0 Å². The van der Waals surface area contributed by atoms with Gasteiger partial charge in [-0.1, -0.05) is 43.6 Å². The first-order chi connectivity index (χ1) is 9.33. The normalized spacial score (nSPS) is 22.2. The fourth-order valence-electron chi connectivity index (χ4n) is 1.94. The first-order valence-corrected chi connectivity index (χ1v) is 6.50. The SMILES string of the molecule is CC1(C)COC(=O)[C@@H]1OC(=O)C(O)c1ccccc1Cl. The third kappa shape index (κ3) is 2.78. The predicted octanol–water partition coefficient (Wildman–Crippen LogP) is 1.87. The van der Waals surface area contributed by atoms with E-state index >= 15 is 0 Å². The first-order valence-electron chi connectivity index (χ1n) is 6.12. The number of hydrogen-bond acceptors (Lipinski definition) is 5. The lowest BCUT2D eigenvalue weighted by Crippen LogP contribution is -2.36. The molecule has 2 rings (SSSR count). The van der Waals surface area contributed by atoms with Gasteiger partial charge in [0.05, 0.1) is 0 Å². The summed E-state index contributed by atoms with van der Waals surface area (Å²) < 4.78 is 9.95. The Balaban J connectivity index is 2.13. The molecule has 1 aliphatic rings. The fraction of sp³-hybridized carbons (Fsp3) is 0.429. The van der Waals surface area contributed by atoms with Gasteiger partial charge in [-0.25, -0.2) is 9.59 Å². The van der Waals surface area contributed by atoms with Crippen LogP contribution in [0.1, 0.15) is 25.5 Å². The average Bonchev–Trinajstić information content (AvgIpc) is 2.65. The number of benzene rings is 1. The maximum absolute atomic E-state index is 11.9. The summed E-state index contributed by atoms with van der Waals surface area (Å²) in [4.78, 5) is 23.5. The number of esters is 2. The van der Waals surface area contributed by atoms with E-state index in [0.29, 0.717) is 0 Å². The van der Waals surface area contributed by atoms with Crippen LogP contribution in [-0.4, -0.2) is 29.8 Å². The summed E-state index contributed by atoms with van der Waals surface area (Å²) in [7, 11) is 0. The highest BCUT2D eigenvalue weighted by atomic mass is 35.5. The third-order valence-corrected chi connectivity index (χ3v) is 3.51. The molecule has 0 radical (unpaired) electrons. The largest absolute Gasteiger partial charge is 0.462 e. The Kier molecular flexibility index (Phi) is 4.01. The Morgan fingerprint density at radius 2 is 2.15 bits per heavy atom. The molecule has 0 spiro atoms. The maximum atomic E-state index is 11.9. The Morgan fingerprint density at radius 3 is 2.70 bits per heavy atom. The number of rotatable bonds is 3. The van der Waals surface area contributed by atoms with Crippen molar-refractivity contribution in [2.24, 2.45) is 5.41 Å². The van der Waals surface area contributed by atoms with E-state index in [9.17, 15) is 14.7 Å². The van der Waals surface area contributed by atoms with Crippen molar-refractivity contribution < 1.29 is 24.2 Å². The average molecular weight is 299 g/mol. The summed E-state index contributed by atoms with van der Waals surface area (Å²) in [6.45, 7) is 3.67. The highest BCUT2D eigenvalue weighted by Crippen LogP contribution is 2.32. The van der Waals surface area contributed by atoms with E-state index in [1.165, 1.54) is 6.07 Å². The molecule has 1 unspecified atom stereocenters. The molecule has 0 amide bonds. The quantitative estimate of drug-likeness (QED) is 0.862. The molecule has 0 aromatic heterocycles. The zero-order valence-corrected chi connectivity index (χ0v) is 11.9. The Labute approximate surface area is 121 Å². The van der Waals surface area contributed by atoms with Crippen molar-refractivity contribution in [2.75, 3.05) is 6.61 Å². The molecular weight excluding hydrogens is 284 g/mol. The second-order valence-electron chi connectivity index (χ2n) is 5.34. The molecule has 5 nitrogen and oxygen atoms in total. The number of aliphatic hydroxyl groups is 1. The summed E-state index contributed by atoms with van der Waals surface area (Å²) in [5.74, 6) is -1.52. The monoisotopic (exact) mass is 298 g/mol. The maximum Gasteiger partial charge on any atom is 0.348 e. The minimum absolute atomic E-state index is 0.173. The first kappa shape index (κ1) is 14.8. The molecule has 1 fully saturated rings. The number of ether oxygens (including phenoxy) is 2. The summed E-state index contributed by atoms with van der Waals surface area (Å²) in [5, 5.41) is 10.2. The molecule has 1 aromatic rings. The highest BCUT2D eigenvalue weighted by Gasteiger charge is 2.47. The Morgan fingerprint density at radius 1 is 1.50 bits per heavy atom. The van der Waals surface area contributed by atoms with Gasteiger partial charge in [0, 0.05) is 16.0 Å². The molecule has 108 valence electrons. The van der Waals surface area contributed by atoms with Crippen LogP contribution in [0.4, 0.5) is 0 Å². The van der Waals surface area contributed by atoms with Gasteiger partial charge < -0.3 is 14.6 Å². The van der Waals surface area contributed by atoms with Crippen LogP contribution in [0.5, 0.6) is 0 Å². The molecule has 6 heteroatoms. The summed E-state index contributed by atoms with van der Waals surface area (Å²) in [6, 6.07) is 6.40. The standard InChI is InChI=1S/C14H15ClO5/c1-14(2)7-19-13(18)11(14)20-12(17)10(16)8-5-3-4-6-9(8)15/h3-6,10-11,16H,7H2,1-2H3/t10?,11-/m0/s1. The van der Waals surface area contributed by atoms with E-state index in [4.69, 9.17) is 21.1 Å². The topological polar surface area (TPSA) is 72.8 Å². The van der Waals surface area contributed by atoms with Crippen LogP contribution in [-0.2, 0) is 19.1 Å². The molecule has 0 saturated carbocycles. The van der Waals surface area contributed by atoms with E-state index in [0.717, 1.165) is 0 Å². The molecule has 1 N–H and O–H groups in total. The van der Waals surface area contributed by atoms with E-state index < -0.39 is 29.6 Å². The number of hydrogen-bond donors (Lipinski definition) is 1. The van der Waals surface area contributed by atoms with Crippen molar-refractivity contribution >= 4 is 23.5 Å². The van der Waals surface area contributed by atoms with Gasteiger partial charge in [0.1, 0.15) is 6.61 Å². The van der Waals surface area contributed by atoms with Crippen molar-refractivity contribution in [1.29, 1.82) is 0 Å². The van der Waals surface area contributed by atoms with Gasteiger partial charge in [-0.05, 0) is 6.07 Å². The van der Waals surface area contributed by atoms with Crippen molar-refractivity contribution in [2.45, 2.75) is 26.1 Å². The van der Waals surface area contributed by atoms with E-state index in [1.54, 1.807) is 32.0 Å². The number of halogens is 1. The van der Waals surface area contributed by atoms with E-state index in [-0.39, 0.29) is 17.2 Å². The zero-order chi connectivity index (χ0) is 14.9. The van der Waals surface area contributed by atoms with Crippen LogP contribution in [0, 0.1) is 5.41 Å². The Bertz CT molecular complexity index is 540. The van der Waals surface area contributed by atoms with Crippen LogP contribution >= 0.6 is 11.6 Å². The van der Waals surface area contributed by atoms with Gasteiger partial charge in [-0.3, -0.25) is 0 Å². The second-order valence-corrected chi connectivity index (χ2v) is 5.74. The molecule has 20 heavy (non-hydrogen) atoms. The van der Waals surface area contributed by atoms with Crippen LogP contribution < -0.4 is 0 Å². The molecule has 1 aliphatic heterocycles. The minimum Gasteiger partial charge on any atom is -0.462 e. The molecule has 2 atom stereocenters. The number of carbonyl (C=O) groups is 2. The molecular formula is C14H15ClO5. The minimum atomic E-state index is -1.53. The smallest absolute Gasteiger partial charge is 0.348 e. The molecule has 0 aliphatic carbocycles. The molecule has 0 bridgehead atoms. The van der Waals surface area contributed by atoms with Gasteiger partial charge in [0.15, 0.2) is 6.10 Å². The van der Waals surface area contributed by atoms with Gasteiger partial charge in [0.2, 0.25) is 6.10 Å². The van der Waals surface area contributed by atoms with Gasteiger partial charge in [-0.2, -0.15) is 0 Å². The summed E-state index contributed by atoms with van der Waals surface area (Å²) in [5.41, 5.74) is -0.379. The van der Waals surface area contributed by atoms with Gasteiger partial charge in [0.25, 0.3) is 0 Å². The van der Waals surface area contributed by atoms with Crippen LogP contribution in [0.3, 0.4) is 0 Å².